The second-order valence-electron chi connectivity index (χ2n) is 5.72. The quantitative estimate of drug-likeness (QED) is 0.300. The van der Waals surface area contributed by atoms with Crippen molar-refractivity contribution in [3.63, 3.8) is 0 Å². The van der Waals surface area contributed by atoms with Gasteiger partial charge in [-0.2, -0.15) is 0 Å². The van der Waals surface area contributed by atoms with E-state index in [4.69, 9.17) is 18.9 Å². The van der Waals surface area contributed by atoms with Gasteiger partial charge in [0.05, 0.1) is 12.7 Å². The molecule has 2 aliphatic rings. The second-order valence-corrected chi connectivity index (χ2v) is 5.72. The van der Waals surface area contributed by atoms with E-state index in [0.29, 0.717) is 0 Å². The van der Waals surface area contributed by atoms with Gasteiger partial charge in [0.1, 0.15) is 42.7 Å². The van der Waals surface area contributed by atoms with Crippen LogP contribution in [0.5, 0.6) is 0 Å². The average molecular weight is 340 g/mol. The standard InChI is InChI=1S/C13H24O10/c1-4-10(6(15)8(17)12(19)21-4)23-13-9(18)7(16)11(20-2)5(3-14)22-13/h4-19H,3H2,1-2H3/t4-,5-,6-,7-,8-,9-,10-,11-,12?,13+/m1/s1. The topological polar surface area (TPSA) is 158 Å². The van der Waals surface area contributed by atoms with E-state index in [2.05, 4.69) is 0 Å². The van der Waals surface area contributed by atoms with Gasteiger partial charge in [-0.25, -0.2) is 0 Å². The van der Waals surface area contributed by atoms with Gasteiger partial charge in [0, 0.05) is 7.11 Å². The SMILES string of the molecule is CO[C@H]1[C@H](O)[C@@H](O)[C@H](O[C@H]2[C@H](O)[C@@H](O)C(O)O[C@@H]2C)O[C@@H]1CO. The molecule has 2 rings (SSSR count). The molecule has 0 bridgehead atoms. The number of rotatable bonds is 4. The van der Waals surface area contributed by atoms with Crippen molar-refractivity contribution < 1.29 is 49.6 Å². The van der Waals surface area contributed by atoms with Crippen LogP contribution in [0.1, 0.15) is 6.92 Å². The molecule has 10 heteroatoms. The predicted molar refractivity (Wildman–Crippen MR) is 72.0 cm³/mol. The molecule has 2 aliphatic heterocycles. The van der Waals surface area contributed by atoms with Crippen LogP contribution in [0.3, 0.4) is 0 Å². The molecule has 0 amide bonds. The van der Waals surface area contributed by atoms with Crippen LogP contribution in [0.25, 0.3) is 0 Å². The number of aliphatic hydroxyl groups excluding tert-OH is 6. The van der Waals surface area contributed by atoms with Crippen LogP contribution in [0.15, 0.2) is 0 Å². The lowest BCUT2D eigenvalue weighted by molar-refractivity contribution is -0.352. The fourth-order valence-corrected chi connectivity index (χ4v) is 2.82. The molecule has 0 aromatic rings. The van der Waals surface area contributed by atoms with E-state index in [1.807, 2.05) is 0 Å². The van der Waals surface area contributed by atoms with Crippen molar-refractivity contribution in [3.05, 3.63) is 0 Å². The third kappa shape index (κ3) is 3.66. The van der Waals surface area contributed by atoms with Gasteiger partial charge in [-0.05, 0) is 6.92 Å². The fourth-order valence-electron chi connectivity index (χ4n) is 2.82. The van der Waals surface area contributed by atoms with Crippen molar-refractivity contribution in [2.45, 2.75) is 68.3 Å². The number of ether oxygens (including phenoxy) is 4. The summed E-state index contributed by atoms with van der Waals surface area (Å²) >= 11 is 0. The third-order valence-corrected chi connectivity index (χ3v) is 4.18. The van der Waals surface area contributed by atoms with Crippen LogP contribution in [-0.4, -0.2) is 106 Å². The summed E-state index contributed by atoms with van der Waals surface area (Å²) in [6, 6.07) is 0. The maximum Gasteiger partial charge on any atom is 0.187 e. The van der Waals surface area contributed by atoms with Crippen LogP contribution in [0.2, 0.25) is 0 Å². The summed E-state index contributed by atoms with van der Waals surface area (Å²) in [5.74, 6) is 0. The summed E-state index contributed by atoms with van der Waals surface area (Å²) in [5.41, 5.74) is 0. The van der Waals surface area contributed by atoms with Crippen LogP contribution in [-0.2, 0) is 18.9 Å². The average Bonchev–Trinajstić information content (AvgIpc) is 2.53. The Balaban J connectivity index is 2.09. The minimum atomic E-state index is -1.60. The molecule has 0 saturated carbocycles. The molecule has 2 saturated heterocycles. The summed E-state index contributed by atoms with van der Waals surface area (Å²) in [5, 5.41) is 58.5. The Kier molecular flexibility index (Phi) is 6.30. The molecule has 0 radical (unpaired) electrons. The van der Waals surface area contributed by atoms with Gasteiger partial charge >= 0.3 is 0 Å². The van der Waals surface area contributed by atoms with E-state index in [0.717, 1.165) is 0 Å². The predicted octanol–water partition coefficient (Wildman–Crippen LogP) is -3.72. The fraction of sp³-hybridized carbons (Fsp3) is 1.00. The van der Waals surface area contributed by atoms with Crippen molar-refractivity contribution in [1.82, 2.24) is 0 Å². The van der Waals surface area contributed by atoms with Gasteiger partial charge < -0.3 is 49.6 Å². The van der Waals surface area contributed by atoms with Gasteiger partial charge in [-0.3, -0.25) is 0 Å². The summed E-state index contributed by atoms with van der Waals surface area (Å²) in [7, 11) is 1.30. The van der Waals surface area contributed by atoms with Crippen LogP contribution >= 0.6 is 0 Å². The van der Waals surface area contributed by atoms with Crippen molar-refractivity contribution in [2.24, 2.45) is 0 Å². The zero-order valence-corrected chi connectivity index (χ0v) is 12.8. The Bertz CT molecular complexity index is 380. The van der Waals surface area contributed by atoms with Crippen molar-refractivity contribution in [2.75, 3.05) is 13.7 Å². The van der Waals surface area contributed by atoms with Gasteiger partial charge in [0.25, 0.3) is 0 Å². The Morgan fingerprint density at radius 2 is 1.48 bits per heavy atom. The van der Waals surface area contributed by atoms with E-state index >= 15 is 0 Å². The molecule has 136 valence electrons. The van der Waals surface area contributed by atoms with Crippen molar-refractivity contribution in [1.29, 1.82) is 0 Å². The zero-order valence-electron chi connectivity index (χ0n) is 12.8. The second kappa shape index (κ2) is 7.66. The molecular weight excluding hydrogens is 316 g/mol. The van der Waals surface area contributed by atoms with E-state index in [9.17, 15) is 30.6 Å². The molecule has 0 aromatic carbocycles. The molecule has 10 atom stereocenters. The van der Waals surface area contributed by atoms with E-state index in [1.54, 1.807) is 0 Å². The smallest absolute Gasteiger partial charge is 0.187 e. The van der Waals surface area contributed by atoms with E-state index < -0.39 is 68.0 Å². The van der Waals surface area contributed by atoms with Crippen LogP contribution in [0, 0.1) is 0 Å². The highest BCUT2D eigenvalue weighted by atomic mass is 16.7. The molecule has 2 heterocycles. The Morgan fingerprint density at radius 1 is 0.870 bits per heavy atom. The monoisotopic (exact) mass is 340 g/mol. The van der Waals surface area contributed by atoms with Crippen molar-refractivity contribution in [3.8, 4) is 0 Å². The molecular formula is C13H24O10. The molecule has 1 unspecified atom stereocenters. The first-order chi connectivity index (χ1) is 10.8. The van der Waals surface area contributed by atoms with Gasteiger partial charge in [0.2, 0.25) is 0 Å². The summed E-state index contributed by atoms with van der Waals surface area (Å²) in [6.07, 6.45) is -12.8. The van der Waals surface area contributed by atoms with Crippen molar-refractivity contribution >= 4 is 0 Å². The summed E-state index contributed by atoms with van der Waals surface area (Å²) in [4.78, 5) is 0. The van der Waals surface area contributed by atoms with Gasteiger partial charge in [0.15, 0.2) is 12.6 Å². The molecule has 0 spiro atoms. The normalized spacial score (nSPS) is 51.7. The largest absolute Gasteiger partial charge is 0.394 e. The summed E-state index contributed by atoms with van der Waals surface area (Å²) < 4.78 is 20.8. The Morgan fingerprint density at radius 3 is 2.04 bits per heavy atom. The van der Waals surface area contributed by atoms with E-state index in [1.165, 1.54) is 14.0 Å². The lowest BCUT2D eigenvalue weighted by atomic mass is 9.97. The van der Waals surface area contributed by atoms with Gasteiger partial charge in [-0.15, -0.1) is 0 Å². The number of hydrogen-bond donors (Lipinski definition) is 6. The zero-order chi connectivity index (χ0) is 17.3. The van der Waals surface area contributed by atoms with Crippen LogP contribution in [0.4, 0.5) is 0 Å². The molecule has 0 aliphatic carbocycles. The number of hydrogen-bond acceptors (Lipinski definition) is 10. The van der Waals surface area contributed by atoms with E-state index in [-0.39, 0.29) is 0 Å². The van der Waals surface area contributed by atoms with Crippen LogP contribution < -0.4 is 0 Å². The molecule has 23 heavy (non-hydrogen) atoms. The first kappa shape index (κ1) is 18.9. The van der Waals surface area contributed by atoms with Gasteiger partial charge in [-0.1, -0.05) is 0 Å². The number of methoxy groups -OCH3 is 1. The minimum absolute atomic E-state index is 0.483. The lowest BCUT2D eigenvalue weighted by Crippen LogP contribution is -2.63. The first-order valence-corrected chi connectivity index (χ1v) is 7.32. The maximum absolute atomic E-state index is 10.1. The maximum atomic E-state index is 10.1. The lowest BCUT2D eigenvalue weighted by Gasteiger charge is -2.45. The molecule has 10 nitrogen and oxygen atoms in total. The molecule has 0 aromatic heterocycles. The molecule has 6 N–H and O–H groups in total. The highest BCUT2D eigenvalue weighted by Gasteiger charge is 2.49. The Labute approximate surface area is 132 Å². The third-order valence-electron chi connectivity index (χ3n) is 4.18. The summed E-state index contributed by atoms with van der Waals surface area (Å²) in [6.45, 7) is 1.01. The minimum Gasteiger partial charge on any atom is -0.394 e. The molecule has 2 fully saturated rings. The number of aliphatic hydroxyl groups is 6. The highest BCUT2D eigenvalue weighted by molar-refractivity contribution is 4.93. The Hall–Kier alpha value is -0.400. The highest BCUT2D eigenvalue weighted by Crippen LogP contribution is 2.29. The first-order valence-electron chi connectivity index (χ1n) is 7.32.